The highest BCUT2D eigenvalue weighted by molar-refractivity contribution is 7.07. The summed E-state index contributed by atoms with van der Waals surface area (Å²) in [5, 5.41) is 10.7. The van der Waals surface area contributed by atoms with Gasteiger partial charge < -0.3 is 9.67 Å². The molecule has 0 aliphatic rings. The molecule has 0 aliphatic carbocycles. The number of aromatic nitrogens is 1. The van der Waals surface area contributed by atoms with Crippen LogP contribution >= 0.6 is 11.3 Å². The van der Waals surface area contributed by atoms with E-state index in [2.05, 4.69) is 4.99 Å². The molecule has 0 saturated carbocycles. The van der Waals surface area contributed by atoms with E-state index in [1.54, 1.807) is 23.5 Å². The Morgan fingerprint density at radius 3 is 3.00 bits per heavy atom. The summed E-state index contributed by atoms with van der Waals surface area (Å²) in [6, 6.07) is 7.28. The molecule has 88 valence electrons. The van der Waals surface area contributed by atoms with Gasteiger partial charge in [0.2, 0.25) is 0 Å². The summed E-state index contributed by atoms with van der Waals surface area (Å²) in [4.78, 5) is 16.0. The maximum atomic E-state index is 10.6. The number of hydrogen-bond donors (Lipinski definition) is 1. The van der Waals surface area contributed by atoms with Crippen LogP contribution < -0.4 is 4.80 Å². The van der Waals surface area contributed by atoms with Crippen molar-refractivity contribution in [3.63, 3.8) is 0 Å². The lowest BCUT2D eigenvalue weighted by Crippen LogP contribution is -2.08. The summed E-state index contributed by atoms with van der Waals surface area (Å²) in [6.45, 7) is 0. The Bertz CT molecular complexity index is 598. The van der Waals surface area contributed by atoms with E-state index in [0.717, 1.165) is 16.1 Å². The minimum Gasteiger partial charge on any atom is -0.481 e. The van der Waals surface area contributed by atoms with E-state index < -0.39 is 5.97 Å². The van der Waals surface area contributed by atoms with Crippen molar-refractivity contribution in [2.45, 2.75) is 6.42 Å². The molecular weight excluding hydrogens is 236 g/mol. The fraction of sp³-hybridized carbons (Fsp3) is 0.167. The van der Waals surface area contributed by atoms with Crippen LogP contribution in [0, 0.1) is 0 Å². The van der Waals surface area contributed by atoms with Crippen LogP contribution in [0.15, 0.2) is 40.8 Å². The van der Waals surface area contributed by atoms with Gasteiger partial charge in [-0.25, -0.2) is 4.99 Å². The van der Waals surface area contributed by atoms with Crippen molar-refractivity contribution in [3.8, 4) is 0 Å². The molecule has 0 aliphatic heterocycles. The molecule has 1 heterocycles. The van der Waals surface area contributed by atoms with E-state index >= 15 is 0 Å². The van der Waals surface area contributed by atoms with Crippen LogP contribution in [0.3, 0.4) is 0 Å². The Balaban J connectivity index is 2.35. The van der Waals surface area contributed by atoms with Crippen molar-refractivity contribution in [1.29, 1.82) is 0 Å². The number of hydrogen-bond acceptors (Lipinski definition) is 3. The van der Waals surface area contributed by atoms with Gasteiger partial charge in [0, 0.05) is 18.6 Å². The van der Waals surface area contributed by atoms with Gasteiger partial charge in [-0.3, -0.25) is 4.79 Å². The Hall–Kier alpha value is -1.88. The third kappa shape index (κ3) is 3.04. The molecule has 0 bridgehead atoms. The number of carbonyl (C=O) groups is 1. The molecule has 4 nitrogen and oxygen atoms in total. The van der Waals surface area contributed by atoms with E-state index in [-0.39, 0.29) is 6.42 Å². The number of carboxylic acid groups (broad SMARTS) is 1. The first-order chi connectivity index (χ1) is 8.15. The molecule has 0 fully saturated rings. The van der Waals surface area contributed by atoms with Crippen LogP contribution in [0.4, 0.5) is 5.69 Å². The van der Waals surface area contributed by atoms with E-state index in [1.807, 2.05) is 35.3 Å². The van der Waals surface area contributed by atoms with Gasteiger partial charge in [0.25, 0.3) is 0 Å². The Morgan fingerprint density at radius 1 is 1.53 bits per heavy atom. The van der Waals surface area contributed by atoms with Crippen molar-refractivity contribution >= 4 is 23.0 Å². The fourth-order valence-corrected chi connectivity index (χ4v) is 2.21. The minimum absolute atomic E-state index is 0.0277. The summed E-state index contributed by atoms with van der Waals surface area (Å²) in [7, 11) is 1.93. The zero-order chi connectivity index (χ0) is 12.3. The van der Waals surface area contributed by atoms with Crippen LogP contribution in [0.1, 0.15) is 5.56 Å². The number of aliphatic carboxylic acids is 1. The first-order valence-corrected chi connectivity index (χ1v) is 5.99. The highest BCUT2D eigenvalue weighted by atomic mass is 32.1. The van der Waals surface area contributed by atoms with Crippen LogP contribution in [0.2, 0.25) is 0 Å². The largest absolute Gasteiger partial charge is 0.481 e. The molecule has 17 heavy (non-hydrogen) atoms. The van der Waals surface area contributed by atoms with Gasteiger partial charge in [0.1, 0.15) is 0 Å². The fourth-order valence-electron chi connectivity index (χ4n) is 1.46. The highest BCUT2D eigenvalue weighted by Gasteiger charge is 2.00. The topological polar surface area (TPSA) is 54.6 Å². The van der Waals surface area contributed by atoms with Gasteiger partial charge in [-0.2, -0.15) is 0 Å². The summed E-state index contributed by atoms with van der Waals surface area (Å²) in [5.41, 5.74) is 1.54. The Labute approximate surface area is 103 Å². The molecule has 0 spiro atoms. The number of rotatable bonds is 3. The second kappa shape index (κ2) is 4.97. The third-order valence-electron chi connectivity index (χ3n) is 2.25. The summed E-state index contributed by atoms with van der Waals surface area (Å²) in [5.74, 6) is -0.830. The number of carboxylic acids is 1. The lowest BCUT2D eigenvalue weighted by molar-refractivity contribution is -0.136. The molecule has 5 heteroatoms. The molecule has 1 aromatic carbocycles. The first-order valence-electron chi connectivity index (χ1n) is 5.11. The lowest BCUT2D eigenvalue weighted by Gasteiger charge is -1.98. The van der Waals surface area contributed by atoms with Gasteiger partial charge in [-0.05, 0) is 17.7 Å². The minimum atomic E-state index is -0.830. The molecule has 0 amide bonds. The van der Waals surface area contributed by atoms with Crippen molar-refractivity contribution in [2.24, 2.45) is 12.0 Å². The Morgan fingerprint density at radius 2 is 2.35 bits per heavy atom. The van der Waals surface area contributed by atoms with E-state index in [4.69, 9.17) is 5.11 Å². The van der Waals surface area contributed by atoms with Gasteiger partial charge in [-0.15, -0.1) is 11.3 Å². The van der Waals surface area contributed by atoms with Crippen LogP contribution in [0.25, 0.3) is 0 Å². The zero-order valence-electron chi connectivity index (χ0n) is 9.33. The molecule has 0 radical (unpaired) electrons. The summed E-state index contributed by atoms with van der Waals surface area (Å²) < 4.78 is 1.93. The zero-order valence-corrected chi connectivity index (χ0v) is 10.1. The molecule has 1 N–H and O–H groups in total. The molecule has 0 saturated heterocycles. The second-order valence-corrected chi connectivity index (χ2v) is 4.52. The SMILES string of the molecule is Cn1ccsc1=Nc1cccc(CC(=O)O)c1. The van der Waals surface area contributed by atoms with Gasteiger partial charge in [0.05, 0.1) is 12.1 Å². The smallest absolute Gasteiger partial charge is 0.307 e. The maximum absolute atomic E-state index is 10.6. The number of aryl methyl sites for hydroxylation is 1. The molecular formula is C12H12N2O2S. The predicted molar refractivity (Wildman–Crippen MR) is 66.3 cm³/mol. The summed E-state index contributed by atoms with van der Waals surface area (Å²) >= 11 is 1.54. The molecule has 0 unspecified atom stereocenters. The monoisotopic (exact) mass is 248 g/mol. The molecule has 1 aromatic heterocycles. The lowest BCUT2D eigenvalue weighted by atomic mass is 10.1. The van der Waals surface area contributed by atoms with Crippen molar-refractivity contribution < 1.29 is 9.90 Å². The van der Waals surface area contributed by atoms with Crippen molar-refractivity contribution in [1.82, 2.24) is 4.57 Å². The van der Waals surface area contributed by atoms with Crippen LogP contribution in [-0.2, 0) is 18.3 Å². The Kier molecular flexibility index (Phi) is 3.39. The number of benzene rings is 1. The summed E-state index contributed by atoms with van der Waals surface area (Å²) in [6.07, 6.45) is 1.96. The first kappa shape index (κ1) is 11.6. The van der Waals surface area contributed by atoms with E-state index in [9.17, 15) is 4.79 Å². The van der Waals surface area contributed by atoms with Gasteiger partial charge in [0.15, 0.2) is 4.80 Å². The van der Waals surface area contributed by atoms with Crippen molar-refractivity contribution in [2.75, 3.05) is 0 Å². The third-order valence-corrected chi connectivity index (χ3v) is 3.10. The normalized spacial score (nSPS) is 11.7. The van der Waals surface area contributed by atoms with Gasteiger partial charge in [-0.1, -0.05) is 12.1 Å². The quantitative estimate of drug-likeness (QED) is 0.902. The average Bonchev–Trinajstić information content (AvgIpc) is 2.64. The predicted octanol–water partition coefficient (Wildman–Crippen LogP) is 1.95. The molecule has 0 atom stereocenters. The van der Waals surface area contributed by atoms with Crippen LogP contribution in [-0.4, -0.2) is 15.6 Å². The van der Waals surface area contributed by atoms with Crippen molar-refractivity contribution in [3.05, 3.63) is 46.2 Å². The number of thiazole rings is 1. The molecule has 2 rings (SSSR count). The van der Waals surface area contributed by atoms with E-state index in [0.29, 0.717) is 0 Å². The van der Waals surface area contributed by atoms with Gasteiger partial charge >= 0.3 is 5.97 Å². The van der Waals surface area contributed by atoms with E-state index in [1.165, 1.54) is 0 Å². The average molecular weight is 248 g/mol. The molecule has 2 aromatic rings. The second-order valence-electron chi connectivity index (χ2n) is 3.65. The number of nitrogens with zero attached hydrogens (tertiary/aromatic N) is 2. The van der Waals surface area contributed by atoms with Crippen LogP contribution in [0.5, 0.6) is 0 Å². The highest BCUT2D eigenvalue weighted by Crippen LogP contribution is 2.14. The standard InChI is InChI=1S/C12H12N2O2S/c1-14-5-6-17-12(14)13-10-4-2-3-9(7-10)8-11(15)16/h2-7H,8H2,1H3,(H,15,16). The maximum Gasteiger partial charge on any atom is 0.307 e.